The average Bonchev–Trinajstić information content (AvgIpc) is 2.29. The molecule has 0 saturated heterocycles. The second-order valence-corrected chi connectivity index (χ2v) is 3.83. The summed E-state index contributed by atoms with van der Waals surface area (Å²) in [4.78, 5) is 10.3. The van der Waals surface area contributed by atoms with Crippen molar-refractivity contribution in [1.82, 2.24) is 0 Å². The lowest BCUT2D eigenvalue weighted by Gasteiger charge is -2.20. The predicted octanol–water partition coefficient (Wildman–Crippen LogP) is 2.14. The van der Waals surface area contributed by atoms with Gasteiger partial charge in [-0.2, -0.15) is 0 Å². The van der Waals surface area contributed by atoms with Gasteiger partial charge < -0.3 is 15.2 Å². The minimum Gasteiger partial charge on any atom is -0.508 e. The number of nitrogens with zero attached hydrogens (tertiary/aromatic N) is 1. The van der Waals surface area contributed by atoms with Gasteiger partial charge in [0.25, 0.3) is 5.69 Å². The Morgan fingerprint density at radius 2 is 2.12 bits per heavy atom. The summed E-state index contributed by atoms with van der Waals surface area (Å²) < 4.78 is 5.13. The Labute approximate surface area is 99.4 Å². The van der Waals surface area contributed by atoms with E-state index in [9.17, 15) is 15.2 Å². The number of aromatic hydroxyl groups is 1. The molecule has 2 atom stereocenters. The van der Waals surface area contributed by atoms with Crippen molar-refractivity contribution < 1.29 is 14.8 Å². The zero-order valence-corrected chi connectivity index (χ0v) is 10.0. The third-order valence-corrected chi connectivity index (χ3v) is 2.64. The fraction of sp³-hybridized carbons (Fsp3) is 0.455. The molecule has 0 aliphatic heterocycles. The average molecular weight is 240 g/mol. The third kappa shape index (κ3) is 3.32. The first kappa shape index (κ1) is 13.2. The molecule has 94 valence electrons. The zero-order chi connectivity index (χ0) is 13.0. The van der Waals surface area contributed by atoms with Crippen LogP contribution in [-0.4, -0.2) is 29.3 Å². The number of nitro groups is 1. The van der Waals surface area contributed by atoms with Gasteiger partial charge in [-0.1, -0.05) is 0 Å². The van der Waals surface area contributed by atoms with Crippen LogP contribution in [0.15, 0.2) is 18.2 Å². The van der Waals surface area contributed by atoms with Gasteiger partial charge in [0.1, 0.15) is 11.4 Å². The lowest BCUT2D eigenvalue weighted by atomic mass is 10.2. The van der Waals surface area contributed by atoms with Crippen molar-refractivity contribution in [3.8, 4) is 5.75 Å². The van der Waals surface area contributed by atoms with Gasteiger partial charge in [-0.3, -0.25) is 10.1 Å². The lowest BCUT2D eigenvalue weighted by Crippen LogP contribution is -2.29. The normalized spacial score (nSPS) is 14.1. The van der Waals surface area contributed by atoms with E-state index in [-0.39, 0.29) is 23.6 Å². The smallest absolute Gasteiger partial charge is 0.296 e. The van der Waals surface area contributed by atoms with E-state index >= 15 is 0 Å². The van der Waals surface area contributed by atoms with Crippen molar-refractivity contribution in [3.63, 3.8) is 0 Å². The number of benzene rings is 1. The highest BCUT2D eigenvalue weighted by Crippen LogP contribution is 2.29. The molecule has 0 radical (unpaired) electrons. The number of ether oxygens (including phenoxy) is 1. The van der Waals surface area contributed by atoms with Crippen molar-refractivity contribution >= 4 is 11.4 Å². The largest absolute Gasteiger partial charge is 0.508 e. The summed E-state index contributed by atoms with van der Waals surface area (Å²) in [7, 11) is 1.58. The first-order valence-electron chi connectivity index (χ1n) is 5.22. The molecule has 2 N–H and O–H groups in total. The summed E-state index contributed by atoms with van der Waals surface area (Å²) in [6.07, 6.45) is -0.0802. The van der Waals surface area contributed by atoms with E-state index < -0.39 is 4.92 Å². The standard InChI is InChI=1S/C11H16N2O4/c1-7(8(2)17-3)12-10-5-4-9(14)6-11(10)13(15)16/h4-8,12,14H,1-3H3. The van der Waals surface area contributed by atoms with E-state index in [1.54, 1.807) is 7.11 Å². The van der Waals surface area contributed by atoms with Crippen LogP contribution in [0.1, 0.15) is 13.8 Å². The molecule has 0 amide bonds. The van der Waals surface area contributed by atoms with Crippen LogP contribution in [0.2, 0.25) is 0 Å². The van der Waals surface area contributed by atoms with E-state index in [2.05, 4.69) is 5.32 Å². The van der Waals surface area contributed by atoms with Crippen LogP contribution < -0.4 is 5.32 Å². The number of nitro benzene ring substituents is 1. The van der Waals surface area contributed by atoms with Crippen LogP contribution >= 0.6 is 0 Å². The van der Waals surface area contributed by atoms with Gasteiger partial charge in [-0.15, -0.1) is 0 Å². The molecule has 0 aromatic heterocycles. The Morgan fingerprint density at radius 3 is 2.65 bits per heavy atom. The number of hydrogen-bond donors (Lipinski definition) is 2. The Bertz CT molecular complexity index is 408. The summed E-state index contributed by atoms with van der Waals surface area (Å²) >= 11 is 0. The van der Waals surface area contributed by atoms with E-state index in [0.717, 1.165) is 6.07 Å². The van der Waals surface area contributed by atoms with Crippen LogP contribution in [0.25, 0.3) is 0 Å². The number of anilines is 1. The summed E-state index contributed by atoms with van der Waals surface area (Å²) in [6.45, 7) is 3.73. The molecule has 0 fully saturated rings. The SMILES string of the molecule is COC(C)C(C)Nc1ccc(O)cc1[N+](=O)[O-]. The number of phenolic OH excluding ortho intramolecular Hbond substituents is 1. The fourth-order valence-corrected chi connectivity index (χ4v) is 1.36. The summed E-state index contributed by atoms with van der Waals surface area (Å²) in [5, 5.41) is 23.0. The number of phenols is 1. The van der Waals surface area contributed by atoms with E-state index in [1.165, 1.54) is 12.1 Å². The zero-order valence-electron chi connectivity index (χ0n) is 10.0. The van der Waals surface area contributed by atoms with Crippen LogP contribution in [0.3, 0.4) is 0 Å². The van der Waals surface area contributed by atoms with Crippen molar-refractivity contribution in [2.45, 2.75) is 26.0 Å². The number of rotatable bonds is 5. The van der Waals surface area contributed by atoms with Crippen LogP contribution in [0.4, 0.5) is 11.4 Å². The Kier molecular flexibility index (Phi) is 4.28. The highest BCUT2D eigenvalue weighted by atomic mass is 16.6. The molecule has 0 heterocycles. The molecule has 0 bridgehead atoms. The first-order chi connectivity index (χ1) is 7.95. The first-order valence-corrected chi connectivity index (χ1v) is 5.22. The molecule has 1 aromatic rings. The fourth-order valence-electron chi connectivity index (χ4n) is 1.36. The Hall–Kier alpha value is -1.82. The minimum absolute atomic E-state index is 0.0802. The monoisotopic (exact) mass is 240 g/mol. The molecule has 0 aliphatic rings. The van der Waals surface area contributed by atoms with Gasteiger partial charge in [0, 0.05) is 13.2 Å². The van der Waals surface area contributed by atoms with Crippen LogP contribution in [-0.2, 0) is 4.74 Å². The molecule has 1 aromatic carbocycles. The van der Waals surface area contributed by atoms with E-state index in [0.29, 0.717) is 5.69 Å². The van der Waals surface area contributed by atoms with Gasteiger partial charge in [0.05, 0.1) is 17.1 Å². The maximum absolute atomic E-state index is 10.8. The summed E-state index contributed by atoms with van der Waals surface area (Å²) in [5.74, 6) is -0.130. The highest BCUT2D eigenvalue weighted by Gasteiger charge is 2.18. The maximum Gasteiger partial charge on any atom is 0.296 e. The Morgan fingerprint density at radius 1 is 1.47 bits per heavy atom. The molecule has 1 rings (SSSR count). The minimum atomic E-state index is -0.535. The summed E-state index contributed by atoms with van der Waals surface area (Å²) in [5.41, 5.74) is 0.212. The number of hydrogen-bond acceptors (Lipinski definition) is 5. The summed E-state index contributed by atoms with van der Waals surface area (Å²) in [6, 6.07) is 3.92. The van der Waals surface area contributed by atoms with Gasteiger partial charge in [-0.05, 0) is 26.0 Å². The van der Waals surface area contributed by atoms with Gasteiger partial charge in [0.15, 0.2) is 0 Å². The molecular formula is C11H16N2O4. The lowest BCUT2D eigenvalue weighted by molar-refractivity contribution is -0.384. The third-order valence-electron chi connectivity index (χ3n) is 2.64. The Balaban J connectivity index is 2.94. The van der Waals surface area contributed by atoms with Crippen LogP contribution in [0, 0.1) is 10.1 Å². The molecule has 2 unspecified atom stereocenters. The molecule has 6 heteroatoms. The van der Waals surface area contributed by atoms with E-state index in [1.807, 2.05) is 13.8 Å². The predicted molar refractivity (Wildman–Crippen MR) is 64.3 cm³/mol. The van der Waals surface area contributed by atoms with Crippen molar-refractivity contribution in [1.29, 1.82) is 0 Å². The molecule has 0 saturated carbocycles. The highest BCUT2D eigenvalue weighted by molar-refractivity contribution is 5.64. The second-order valence-electron chi connectivity index (χ2n) is 3.83. The van der Waals surface area contributed by atoms with Gasteiger partial charge in [-0.25, -0.2) is 0 Å². The van der Waals surface area contributed by atoms with Gasteiger partial charge >= 0.3 is 0 Å². The topological polar surface area (TPSA) is 84.6 Å². The second kappa shape index (κ2) is 5.49. The number of methoxy groups -OCH3 is 1. The van der Waals surface area contributed by atoms with Crippen molar-refractivity contribution in [3.05, 3.63) is 28.3 Å². The van der Waals surface area contributed by atoms with Crippen molar-refractivity contribution in [2.24, 2.45) is 0 Å². The maximum atomic E-state index is 10.8. The quantitative estimate of drug-likeness (QED) is 0.468. The molecular weight excluding hydrogens is 224 g/mol. The van der Waals surface area contributed by atoms with Crippen molar-refractivity contribution in [2.75, 3.05) is 12.4 Å². The van der Waals surface area contributed by atoms with Crippen LogP contribution in [0.5, 0.6) is 5.75 Å². The van der Waals surface area contributed by atoms with E-state index in [4.69, 9.17) is 4.74 Å². The van der Waals surface area contributed by atoms with Gasteiger partial charge in [0.2, 0.25) is 0 Å². The molecule has 17 heavy (non-hydrogen) atoms. The molecule has 0 aliphatic carbocycles. The molecule has 0 spiro atoms. The number of nitrogens with one attached hydrogen (secondary N) is 1. The molecule has 6 nitrogen and oxygen atoms in total.